The van der Waals surface area contributed by atoms with E-state index in [0.29, 0.717) is 0 Å². The lowest BCUT2D eigenvalue weighted by Gasteiger charge is -2.01. The third-order valence-corrected chi connectivity index (χ3v) is 2.19. The van der Waals surface area contributed by atoms with E-state index in [9.17, 15) is 0 Å². The van der Waals surface area contributed by atoms with Crippen molar-refractivity contribution in [3.8, 4) is 0 Å². The van der Waals surface area contributed by atoms with Crippen LogP contribution < -0.4 is 0 Å². The molecule has 0 atom stereocenters. The van der Waals surface area contributed by atoms with Crippen LogP contribution in [0, 0.1) is 12.5 Å². The normalized spacial score (nSPS) is 20.4. The van der Waals surface area contributed by atoms with Crippen molar-refractivity contribution in [2.45, 2.75) is 32.1 Å². The Morgan fingerprint density at radius 3 is 2.60 bits per heavy atom. The van der Waals surface area contributed by atoms with Crippen molar-refractivity contribution in [2.75, 3.05) is 0 Å². The molecule has 0 unspecified atom stereocenters. The molecule has 0 heteroatoms. The number of allylic oxidation sites excluding steroid dienone is 3. The van der Waals surface area contributed by atoms with Gasteiger partial charge in [-0.15, -0.1) is 0 Å². The van der Waals surface area contributed by atoms with E-state index in [0.717, 1.165) is 5.92 Å². The summed E-state index contributed by atoms with van der Waals surface area (Å²) in [6.45, 7) is 5.20. The molecule has 0 amide bonds. The van der Waals surface area contributed by atoms with Crippen LogP contribution in [0.2, 0.25) is 0 Å². The Labute approximate surface area is 63.6 Å². The van der Waals surface area contributed by atoms with E-state index in [-0.39, 0.29) is 0 Å². The number of hydrogen-bond donors (Lipinski definition) is 0. The summed E-state index contributed by atoms with van der Waals surface area (Å²) < 4.78 is 0. The van der Waals surface area contributed by atoms with Gasteiger partial charge in [-0.3, -0.25) is 0 Å². The molecule has 1 fully saturated rings. The molecule has 0 aliphatic heterocycles. The summed E-state index contributed by atoms with van der Waals surface area (Å²) in [5.41, 5.74) is 0. The van der Waals surface area contributed by atoms with Gasteiger partial charge in [0.2, 0.25) is 0 Å². The highest BCUT2D eigenvalue weighted by Crippen LogP contribution is 2.27. The fourth-order valence-electron chi connectivity index (χ4n) is 1.60. The summed E-state index contributed by atoms with van der Waals surface area (Å²) in [6.07, 6.45) is 12.7. The molecule has 0 aromatic carbocycles. The van der Waals surface area contributed by atoms with Crippen LogP contribution in [-0.4, -0.2) is 0 Å². The Kier molecular flexibility index (Phi) is 3.28. The van der Waals surface area contributed by atoms with E-state index in [1.54, 1.807) is 6.08 Å². The SMILES string of the molecule is [CH]=CC=CCC1CCCC1. The van der Waals surface area contributed by atoms with Crippen LogP contribution in [0.15, 0.2) is 18.2 Å². The van der Waals surface area contributed by atoms with Gasteiger partial charge in [-0.05, 0) is 12.3 Å². The summed E-state index contributed by atoms with van der Waals surface area (Å²) in [5, 5.41) is 0. The minimum absolute atomic E-state index is 0.955. The zero-order valence-electron chi connectivity index (χ0n) is 6.42. The second kappa shape index (κ2) is 4.32. The summed E-state index contributed by atoms with van der Waals surface area (Å²) in [6, 6.07) is 0. The van der Waals surface area contributed by atoms with Gasteiger partial charge >= 0.3 is 0 Å². The standard InChI is InChI=1S/C10H15/c1-2-3-4-7-10-8-5-6-9-10/h1-4,10H,5-9H2. The molecule has 0 aromatic rings. The molecule has 0 heterocycles. The highest BCUT2D eigenvalue weighted by Gasteiger charge is 2.12. The molecular formula is C10H15. The van der Waals surface area contributed by atoms with Crippen LogP contribution in [0.5, 0.6) is 0 Å². The van der Waals surface area contributed by atoms with Crippen molar-refractivity contribution in [3.05, 3.63) is 24.8 Å². The van der Waals surface area contributed by atoms with Crippen molar-refractivity contribution in [1.29, 1.82) is 0 Å². The van der Waals surface area contributed by atoms with Gasteiger partial charge in [-0.2, -0.15) is 0 Å². The molecule has 0 nitrogen and oxygen atoms in total. The monoisotopic (exact) mass is 135 g/mol. The topological polar surface area (TPSA) is 0 Å². The Morgan fingerprint density at radius 2 is 2.00 bits per heavy atom. The average Bonchev–Trinajstić information content (AvgIpc) is 2.41. The molecule has 1 radical (unpaired) electrons. The molecule has 55 valence electrons. The Bertz CT molecular complexity index is 116. The molecule has 1 saturated carbocycles. The van der Waals surface area contributed by atoms with Crippen molar-refractivity contribution in [1.82, 2.24) is 0 Å². The Morgan fingerprint density at radius 1 is 1.30 bits per heavy atom. The molecule has 1 rings (SSSR count). The first kappa shape index (κ1) is 7.59. The number of hydrogen-bond acceptors (Lipinski definition) is 0. The van der Waals surface area contributed by atoms with E-state index in [1.807, 2.05) is 6.08 Å². The molecule has 0 aromatic heterocycles. The van der Waals surface area contributed by atoms with Gasteiger partial charge in [0.25, 0.3) is 0 Å². The lowest BCUT2D eigenvalue weighted by molar-refractivity contribution is 0.558. The maximum absolute atomic E-state index is 5.20. The van der Waals surface area contributed by atoms with Gasteiger partial charge in [-0.25, -0.2) is 0 Å². The summed E-state index contributed by atoms with van der Waals surface area (Å²) in [7, 11) is 0. The largest absolute Gasteiger partial charge is 0.0843 e. The van der Waals surface area contributed by atoms with Crippen LogP contribution in [-0.2, 0) is 0 Å². The zero-order chi connectivity index (χ0) is 7.23. The lowest BCUT2D eigenvalue weighted by atomic mass is 10.0. The molecule has 1 aliphatic rings. The van der Waals surface area contributed by atoms with Gasteiger partial charge in [0.15, 0.2) is 0 Å². The molecule has 1 aliphatic carbocycles. The van der Waals surface area contributed by atoms with Gasteiger partial charge < -0.3 is 0 Å². The van der Waals surface area contributed by atoms with E-state index >= 15 is 0 Å². The second-order valence-electron chi connectivity index (χ2n) is 3.01. The van der Waals surface area contributed by atoms with Gasteiger partial charge in [0.05, 0.1) is 0 Å². The zero-order valence-corrected chi connectivity index (χ0v) is 6.42. The van der Waals surface area contributed by atoms with Crippen LogP contribution in [0.4, 0.5) is 0 Å². The molecule has 0 spiro atoms. The van der Waals surface area contributed by atoms with Crippen LogP contribution in [0.25, 0.3) is 0 Å². The third kappa shape index (κ3) is 2.38. The molecule has 0 bridgehead atoms. The molecule has 0 saturated heterocycles. The first-order valence-corrected chi connectivity index (χ1v) is 4.13. The van der Waals surface area contributed by atoms with E-state index in [1.165, 1.54) is 32.1 Å². The fourth-order valence-corrected chi connectivity index (χ4v) is 1.60. The Hall–Kier alpha value is -0.520. The van der Waals surface area contributed by atoms with Crippen molar-refractivity contribution in [3.63, 3.8) is 0 Å². The fraction of sp³-hybridized carbons (Fsp3) is 0.600. The van der Waals surface area contributed by atoms with Crippen LogP contribution in [0.3, 0.4) is 0 Å². The van der Waals surface area contributed by atoms with E-state index < -0.39 is 0 Å². The first-order valence-electron chi connectivity index (χ1n) is 4.13. The summed E-state index contributed by atoms with van der Waals surface area (Å²) >= 11 is 0. The van der Waals surface area contributed by atoms with Gasteiger partial charge in [-0.1, -0.05) is 50.5 Å². The predicted octanol–water partition coefficient (Wildman–Crippen LogP) is 3.11. The molecular weight excluding hydrogens is 120 g/mol. The minimum atomic E-state index is 0.955. The maximum Gasteiger partial charge on any atom is -0.0319 e. The first-order chi connectivity index (χ1) is 4.93. The van der Waals surface area contributed by atoms with Crippen molar-refractivity contribution < 1.29 is 0 Å². The smallest absolute Gasteiger partial charge is 0.0319 e. The quantitative estimate of drug-likeness (QED) is 0.521. The highest BCUT2D eigenvalue weighted by atomic mass is 14.2. The maximum atomic E-state index is 5.20. The van der Waals surface area contributed by atoms with Crippen molar-refractivity contribution in [2.24, 2.45) is 5.92 Å². The van der Waals surface area contributed by atoms with Crippen LogP contribution >= 0.6 is 0 Å². The second-order valence-corrected chi connectivity index (χ2v) is 3.01. The Balaban J connectivity index is 2.12. The lowest BCUT2D eigenvalue weighted by Crippen LogP contribution is -1.88. The molecule has 0 N–H and O–H groups in total. The van der Waals surface area contributed by atoms with E-state index in [4.69, 9.17) is 6.58 Å². The third-order valence-electron chi connectivity index (χ3n) is 2.19. The van der Waals surface area contributed by atoms with Crippen molar-refractivity contribution >= 4 is 0 Å². The summed E-state index contributed by atoms with van der Waals surface area (Å²) in [5.74, 6) is 0.955. The summed E-state index contributed by atoms with van der Waals surface area (Å²) in [4.78, 5) is 0. The minimum Gasteiger partial charge on any atom is -0.0843 e. The van der Waals surface area contributed by atoms with Gasteiger partial charge in [0.1, 0.15) is 0 Å². The predicted molar refractivity (Wildman–Crippen MR) is 44.6 cm³/mol. The highest BCUT2D eigenvalue weighted by molar-refractivity contribution is 4.96. The average molecular weight is 135 g/mol. The van der Waals surface area contributed by atoms with Gasteiger partial charge in [0, 0.05) is 0 Å². The number of rotatable bonds is 3. The molecule has 10 heavy (non-hydrogen) atoms. The van der Waals surface area contributed by atoms with E-state index in [2.05, 4.69) is 6.08 Å². The van der Waals surface area contributed by atoms with Crippen LogP contribution in [0.1, 0.15) is 32.1 Å².